The summed E-state index contributed by atoms with van der Waals surface area (Å²) in [7, 11) is 0. The smallest absolute Gasteiger partial charge is 0.550 e. The average molecular weight is 373 g/mol. The molecule has 0 saturated heterocycles. The molecule has 4 nitrogen and oxygen atoms in total. The van der Waals surface area contributed by atoms with Crippen LogP contribution in [0.1, 0.15) is 64.2 Å². The molecule has 2 saturated carbocycles. The van der Waals surface area contributed by atoms with Gasteiger partial charge in [0.1, 0.15) is 0 Å². The maximum Gasteiger partial charge on any atom is 2.00 e. The number of carbonyl (C=O) groups is 2. The van der Waals surface area contributed by atoms with Crippen molar-refractivity contribution in [3.63, 3.8) is 0 Å². The Kier molecular flexibility index (Phi) is 10.4. The van der Waals surface area contributed by atoms with Gasteiger partial charge in [-0.2, -0.15) is 0 Å². The zero-order valence-corrected chi connectivity index (χ0v) is 14.2. The van der Waals surface area contributed by atoms with Crippen molar-refractivity contribution in [3.8, 4) is 0 Å². The molecule has 19 heavy (non-hydrogen) atoms. The minimum atomic E-state index is -0.852. The van der Waals surface area contributed by atoms with Crippen LogP contribution in [0.25, 0.3) is 0 Å². The largest absolute Gasteiger partial charge is 2.00 e. The van der Waals surface area contributed by atoms with E-state index < -0.39 is 11.9 Å². The van der Waals surface area contributed by atoms with Crippen molar-refractivity contribution in [1.82, 2.24) is 0 Å². The summed E-state index contributed by atoms with van der Waals surface area (Å²) in [4.78, 5) is 20.5. The summed E-state index contributed by atoms with van der Waals surface area (Å²) in [6, 6.07) is 0. The van der Waals surface area contributed by atoms with Crippen molar-refractivity contribution < 1.29 is 19.8 Å². The maximum absolute atomic E-state index is 10.2. The van der Waals surface area contributed by atoms with E-state index >= 15 is 0 Å². The molecule has 0 aromatic carbocycles. The fourth-order valence-electron chi connectivity index (χ4n) is 2.68. The van der Waals surface area contributed by atoms with Gasteiger partial charge in [0.2, 0.25) is 0 Å². The van der Waals surface area contributed by atoms with Gasteiger partial charge in [-0.15, -0.1) is 0 Å². The molecule has 0 amide bonds. The van der Waals surface area contributed by atoms with Gasteiger partial charge in [-0.1, -0.05) is 38.5 Å². The summed E-state index contributed by atoms with van der Waals surface area (Å²) in [6.07, 6.45) is 10.0. The van der Waals surface area contributed by atoms with Gasteiger partial charge in [0.15, 0.2) is 0 Å². The molecule has 0 unspecified atom stereocenters. The summed E-state index contributed by atoms with van der Waals surface area (Å²) < 4.78 is 0. The van der Waals surface area contributed by atoms with E-state index in [0.29, 0.717) is 0 Å². The number of hydrogen-bond acceptors (Lipinski definition) is 4. The van der Waals surface area contributed by atoms with Crippen molar-refractivity contribution >= 4 is 35.8 Å². The van der Waals surface area contributed by atoms with E-state index in [1.807, 2.05) is 0 Å². The molecule has 2 aliphatic carbocycles. The molecule has 2 fully saturated rings. The number of carbonyl (C=O) groups excluding carboxylic acids is 2. The van der Waals surface area contributed by atoms with E-state index in [-0.39, 0.29) is 35.7 Å². The molecular formula is C14H22O4Sn. The minimum absolute atomic E-state index is 0. The Morgan fingerprint density at radius 2 is 0.895 bits per heavy atom. The van der Waals surface area contributed by atoms with Crippen molar-refractivity contribution in [3.05, 3.63) is 0 Å². The molecule has 0 aliphatic heterocycles. The molecule has 106 valence electrons. The first kappa shape index (κ1) is 18.7. The van der Waals surface area contributed by atoms with Crippen molar-refractivity contribution in [2.75, 3.05) is 0 Å². The van der Waals surface area contributed by atoms with Crippen LogP contribution < -0.4 is 10.2 Å². The van der Waals surface area contributed by atoms with Gasteiger partial charge in [-0.05, 0) is 37.5 Å². The van der Waals surface area contributed by atoms with Crippen LogP contribution >= 0.6 is 0 Å². The summed E-state index contributed by atoms with van der Waals surface area (Å²) in [5.74, 6) is -1.98. The van der Waals surface area contributed by atoms with Crippen LogP contribution in [-0.2, 0) is 9.59 Å². The van der Waals surface area contributed by atoms with Gasteiger partial charge in [-0.25, -0.2) is 0 Å². The van der Waals surface area contributed by atoms with Gasteiger partial charge >= 0.3 is 23.9 Å². The SMILES string of the molecule is O=C([O-])C1CCCCC1.O=C([O-])C1CCCCC1.[Sn+2]. The molecule has 2 radical (unpaired) electrons. The van der Waals surface area contributed by atoms with E-state index in [2.05, 4.69) is 0 Å². The molecular weight excluding hydrogens is 351 g/mol. The molecule has 0 atom stereocenters. The topological polar surface area (TPSA) is 80.3 Å². The first-order chi connectivity index (χ1) is 8.61. The molecule has 5 heteroatoms. The molecule has 0 bridgehead atoms. The minimum Gasteiger partial charge on any atom is -0.550 e. The molecule has 0 aromatic rings. The zero-order chi connectivity index (χ0) is 13.4. The maximum atomic E-state index is 10.2. The first-order valence-electron chi connectivity index (χ1n) is 7.03. The quantitative estimate of drug-likeness (QED) is 0.651. The van der Waals surface area contributed by atoms with Gasteiger partial charge in [0.25, 0.3) is 0 Å². The van der Waals surface area contributed by atoms with Crippen molar-refractivity contribution in [1.29, 1.82) is 0 Å². The van der Waals surface area contributed by atoms with Gasteiger partial charge in [0.05, 0.1) is 0 Å². The first-order valence-corrected chi connectivity index (χ1v) is 7.03. The Balaban J connectivity index is 0.000000324. The van der Waals surface area contributed by atoms with Crippen LogP contribution in [-0.4, -0.2) is 35.8 Å². The van der Waals surface area contributed by atoms with Crippen LogP contribution in [0, 0.1) is 11.8 Å². The Morgan fingerprint density at radius 1 is 0.632 bits per heavy atom. The van der Waals surface area contributed by atoms with Crippen molar-refractivity contribution in [2.24, 2.45) is 11.8 Å². The van der Waals surface area contributed by atoms with E-state index in [1.54, 1.807) is 0 Å². The molecule has 0 N–H and O–H groups in total. The Labute approximate surface area is 131 Å². The number of carboxylic acid groups (broad SMARTS) is 2. The van der Waals surface area contributed by atoms with E-state index in [1.165, 1.54) is 12.8 Å². The molecule has 2 aliphatic rings. The second kappa shape index (κ2) is 10.5. The second-order valence-corrected chi connectivity index (χ2v) is 5.31. The van der Waals surface area contributed by atoms with E-state index in [4.69, 9.17) is 0 Å². The Bertz CT molecular complexity index is 241. The predicted octanol–water partition coefficient (Wildman–Crippen LogP) is 0.252. The Morgan fingerprint density at radius 3 is 1.05 bits per heavy atom. The number of hydrogen-bond donors (Lipinski definition) is 0. The van der Waals surface area contributed by atoms with Crippen LogP contribution in [0.3, 0.4) is 0 Å². The Hall–Kier alpha value is -0.261. The molecule has 0 spiro atoms. The van der Waals surface area contributed by atoms with E-state index in [0.717, 1.165) is 51.4 Å². The van der Waals surface area contributed by atoms with E-state index in [9.17, 15) is 19.8 Å². The summed E-state index contributed by atoms with van der Waals surface area (Å²) >= 11 is 0. The third kappa shape index (κ3) is 7.80. The van der Waals surface area contributed by atoms with Crippen molar-refractivity contribution in [2.45, 2.75) is 64.2 Å². The molecule has 2 rings (SSSR count). The average Bonchev–Trinajstić information content (AvgIpc) is 2.41. The van der Waals surface area contributed by atoms with Crippen LogP contribution in [0.5, 0.6) is 0 Å². The van der Waals surface area contributed by atoms with Gasteiger partial charge in [-0.3, -0.25) is 0 Å². The van der Waals surface area contributed by atoms with Crippen LogP contribution in [0.4, 0.5) is 0 Å². The van der Waals surface area contributed by atoms with Gasteiger partial charge in [0, 0.05) is 11.9 Å². The van der Waals surface area contributed by atoms with Crippen LogP contribution in [0.15, 0.2) is 0 Å². The summed E-state index contributed by atoms with van der Waals surface area (Å²) in [6.45, 7) is 0. The summed E-state index contributed by atoms with van der Waals surface area (Å²) in [5, 5.41) is 20.5. The third-order valence-corrected chi connectivity index (χ3v) is 3.88. The third-order valence-electron chi connectivity index (χ3n) is 3.88. The number of rotatable bonds is 2. The fourth-order valence-corrected chi connectivity index (χ4v) is 2.68. The normalized spacial score (nSPS) is 20.6. The number of carboxylic acids is 2. The second-order valence-electron chi connectivity index (χ2n) is 5.31. The molecule has 0 heterocycles. The fraction of sp³-hybridized carbons (Fsp3) is 0.857. The van der Waals surface area contributed by atoms with Crippen LogP contribution in [0.2, 0.25) is 0 Å². The van der Waals surface area contributed by atoms with Gasteiger partial charge < -0.3 is 19.8 Å². The number of aliphatic carboxylic acids is 2. The monoisotopic (exact) mass is 374 g/mol. The predicted molar refractivity (Wildman–Crippen MR) is 68.9 cm³/mol. The molecule has 0 aromatic heterocycles. The summed E-state index contributed by atoms with van der Waals surface area (Å²) in [5.41, 5.74) is 0. The zero-order valence-electron chi connectivity index (χ0n) is 11.4. The standard InChI is InChI=1S/2C7H12O2.Sn/c2*8-7(9)6-4-2-1-3-5-6;/h2*6H,1-5H2,(H,8,9);/q;;+2/p-2.